The highest BCUT2D eigenvalue weighted by molar-refractivity contribution is 14.1. The number of rotatable bonds is 2. The van der Waals surface area contributed by atoms with Crippen LogP contribution in [0.1, 0.15) is 50.9 Å². The predicted molar refractivity (Wildman–Crippen MR) is 119 cm³/mol. The first-order valence-corrected chi connectivity index (χ1v) is 10.8. The molecule has 1 aromatic rings. The molecule has 1 fully saturated rings. The fourth-order valence-electron chi connectivity index (χ4n) is 3.29. The number of halogens is 3. The molecule has 1 aliphatic heterocycles. The normalized spacial score (nSPS) is 21.2. The Labute approximate surface area is 179 Å². The molecule has 0 N–H and O–H groups in total. The minimum absolute atomic E-state index is 0.0120. The van der Waals surface area contributed by atoms with E-state index >= 15 is 0 Å². The number of hydrogen-bond acceptors (Lipinski definition) is 3. The van der Waals surface area contributed by atoms with Gasteiger partial charge in [0.25, 0.3) is 0 Å². The summed E-state index contributed by atoms with van der Waals surface area (Å²) in [4.78, 5) is 15.2. The van der Waals surface area contributed by atoms with Crippen molar-refractivity contribution in [1.29, 1.82) is 0 Å². The van der Waals surface area contributed by atoms with Gasteiger partial charge in [0.15, 0.2) is 0 Å². The van der Waals surface area contributed by atoms with E-state index in [1.54, 1.807) is 0 Å². The fraction of sp³-hybridized carbons (Fsp3) is 0.588. The number of carbonyl (C=O) groups is 1. The van der Waals surface area contributed by atoms with Crippen LogP contribution in [0.15, 0.2) is 12.1 Å². The third-order valence-corrected chi connectivity index (χ3v) is 8.74. The zero-order valence-electron chi connectivity index (χ0n) is 14.0. The Morgan fingerprint density at radius 1 is 1.09 bits per heavy atom. The Bertz CT molecular complexity index is 611. The molecule has 0 atom stereocenters. The molecule has 0 amide bonds. The van der Waals surface area contributed by atoms with Crippen LogP contribution in [0.25, 0.3) is 0 Å². The number of carbonyl (C=O) groups excluding carboxylic acids is 1. The van der Waals surface area contributed by atoms with Crippen molar-refractivity contribution in [1.82, 2.24) is 4.90 Å². The van der Waals surface area contributed by atoms with Gasteiger partial charge in [-0.1, -0.05) is 0 Å². The van der Waals surface area contributed by atoms with Gasteiger partial charge in [0.05, 0.1) is 5.56 Å². The Morgan fingerprint density at radius 3 is 2.09 bits per heavy atom. The van der Waals surface area contributed by atoms with E-state index in [0.29, 0.717) is 5.56 Å². The van der Waals surface area contributed by atoms with Gasteiger partial charge in [-0.25, -0.2) is 4.79 Å². The van der Waals surface area contributed by atoms with E-state index < -0.39 is 0 Å². The van der Waals surface area contributed by atoms with E-state index in [4.69, 9.17) is 4.74 Å². The van der Waals surface area contributed by atoms with Crippen LogP contribution in [0.5, 0.6) is 0 Å². The smallest absolute Gasteiger partial charge is 0.340 e. The molecule has 1 aromatic carbocycles. The molecule has 1 aliphatic rings. The highest BCUT2D eigenvalue weighted by atomic mass is 127. The average molecular weight is 653 g/mol. The molecular weight excluding hydrogens is 631 g/mol. The lowest BCUT2D eigenvalue weighted by atomic mass is 9.79. The van der Waals surface area contributed by atoms with Crippen molar-refractivity contribution in [3.63, 3.8) is 0 Å². The van der Waals surface area contributed by atoms with E-state index in [9.17, 15) is 4.79 Å². The minimum Gasteiger partial charge on any atom is -0.459 e. The molecule has 1 saturated heterocycles. The van der Waals surface area contributed by atoms with Crippen molar-refractivity contribution >= 4 is 73.7 Å². The molecule has 0 radical (unpaired) electrons. The Kier molecular flexibility index (Phi) is 6.33. The third-order valence-electron chi connectivity index (χ3n) is 4.79. The summed E-state index contributed by atoms with van der Waals surface area (Å²) >= 11 is 6.71. The number of esters is 1. The van der Waals surface area contributed by atoms with Gasteiger partial charge in [-0.05, 0) is 115 Å². The van der Waals surface area contributed by atoms with E-state index in [0.717, 1.165) is 23.6 Å². The number of piperidine rings is 1. The summed E-state index contributed by atoms with van der Waals surface area (Å²) in [6.45, 7) is 8.86. The highest BCUT2D eigenvalue weighted by Crippen LogP contribution is 2.38. The molecule has 0 spiro atoms. The van der Waals surface area contributed by atoms with Crippen molar-refractivity contribution in [3.8, 4) is 0 Å². The maximum absolute atomic E-state index is 12.8. The number of ether oxygens (including phenoxy) is 1. The van der Waals surface area contributed by atoms with Gasteiger partial charge < -0.3 is 4.74 Å². The second kappa shape index (κ2) is 7.22. The number of nitrogens with zero attached hydrogens (tertiary/aromatic N) is 1. The van der Waals surface area contributed by atoms with Crippen LogP contribution < -0.4 is 0 Å². The maximum Gasteiger partial charge on any atom is 0.340 e. The standard InChI is InChI=1S/C17H22I3NO2/c1-16(2)8-10(9-17(3,4)21(16)5)23-15(22)13-11(18)6-7-12(19)14(13)20/h6-7,10H,8-9H2,1-5H3. The van der Waals surface area contributed by atoms with Crippen LogP contribution in [0.4, 0.5) is 0 Å². The van der Waals surface area contributed by atoms with E-state index in [1.165, 1.54) is 0 Å². The van der Waals surface area contributed by atoms with Crippen molar-refractivity contribution in [3.05, 3.63) is 28.4 Å². The van der Waals surface area contributed by atoms with E-state index in [2.05, 4.69) is 107 Å². The Morgan fingerprint density at radius 2 is 1.57 bits per heavy atom. The first-order chi connectivity index (χ1) is 10.5. The van der Waals surface area contributed by atoms with Crippen molar-refractivity contribution in [2.45, 2.75) is 57.7 Å². The zero-order chi connectivity index (χ0) is 17.6. The van der Waals surface area contributed by atoms with Gasteiger partial charge in [-0.3, -0.25) is 4.90 Å². The van der Waals surface area contributed by atoms with Gasteiger partial charge in [-0.2, -0.15) is 0 Å². The zero-order valence-corrected chi connectivity index (χ0v) is 20.5. The molecule has 128 valence electrons. The topological polar surface area (TPSA) is 29.5 Å². The summed E-state index contributed by atoms with van der Waals surface area (Å²) in [7, 11) is 2.16. The molecule has 3 nitrogen and oxygen atoms in total. The van der Waals surface area contributed by atoms with Gasteiger partial charge in [-0.15, -0.1) is 0 Å². The summed E-state index contributed by atoms with van der Waals surface area (Å²) in [6.07, 6.45) is 1.67. The SMILES string of the molecule is CN1C(C)(C)CC(OC(=O)c2c(I)ccc(I)c2I)CC1(C)C. The summed E-state index contributed by atoms with van der Waals surface area (Å²) in [5, 5.41) is 0. The molecule has 0 aromatic heterocycles. The maximum atomic E-state index is 12.8. The lowest BCUT2D eigenvalue weighted by Gasteiger charge is -2.53. The molecule has 0 bridgehead atoms. The minimum atomic E-state index is -0.196. The second-order valence-electron chi connectivity index (χ2n) is 7.34. The van der Waals surface area contributed by atoms with Crippen LogP contribution >= 0.6 is 67.8 Å². The average Bonchev–Trinajstić information content (AvgIpc) is 2.40. The number of hydrogen-bond donors (Lipinski definition) is 0. The fourth-order valence-corrected chi connectivity index (χ4v) is 5.61. The molecule has 0 unspecified atom stereocenters. The third kappa shape index (κ3) is 4.33. The lowest BCUT2D eigenvalue weighted by molar-refractivity contribution is -0.0732. The molecule has 2 rings (SSSR count). The predicted octanol–water partition coefficient (Wildman–Crippen LogP) is 5.31. The van der Waals surface area contributed by atoms with Gasteiger partial charge in [0, 0.05) is 34.6 Å². The summed E-state index contributed by atoms with van der Waals surface area (Å²) in [5.41, 5.74) is 0.726. The monoisotopic (exact) mass is 653 g/mol. The number of benzene rings is 1. The van der Waals surface area contributed by atoms with E-state index in [1.807, 2.05) is 12.1 Å². The molecule has 0 saturated carbocycles. The molecule has 0 aliphatic carbocycles. The molecule has 1 heterocycles. The first-order valence-electron chi connectivity index (χ1n) is 7.54. The largest absolute Gasteiger partial charge is 0.459 e. The van der Waals surface area contributed by atoms with Gasteiger partial charge >= 0.3 is 5.97 Å². The van der Waals surface area contributed by atoms with Crippen molar-refractivity contribution in [2.24, 2.45) is 0 Å². The summed E-state index contributed by atoms with van der Waals surface area (Å²) in [5.74, 6) is -0.196. The van der Waals surface area contributed by atoms with Gasteiger partial charge in [0.1, 0.15) is 6.10 Å². The molecule has 23 heavy (non-hydrogen) atoms. The van der Waals surface area contributed by atoms with Crippen LogP contribution in [0.2, 0.25) is 0 Å². The van der Waals surface area contributed by atoms with Gasteiger partial charge in [0.2, 0.25) is 0 Å². The lowest BCUT2D eigenvalue weighted by Crippen LogP contribution is -2.60. The van der Waals surface area contributed by atoms with Crippen LogP contribution in [0, 0.1) is 10.7 Å². The number of likely N-dealkylation sites (tertiary alicyclic amines) is 1. The highest BCUT2D eigenvalue weighted by Gasteiger charge is 2.44. The quantitative estimate of drug-likeness (QED) is 0.247. The Hall–Kier alpha value is 0.840. The summed E-state index contributed by atoms with van der Waals surface area (Å²) in [6, 6.07) is 4.01. The molecular formula is C17H22I3NO2. The van der Waals surface area contributed by atoms with E-state index in [-0.39, 0.29) is 23.2 Å². The summed E-state index contributed by atoms with van der Waals surface area (Å²) < 4.78 is 8.94. The van der Waals surface area contributed by atoms with Crippen molar-refractivity contribution < 1.29 is 9.53 Å². The molecule has 6 heteroatoms. The Balaban J connectivity index is 2.23. The second-order valence-corrected chi connectivity index (χ2v) is 10.7. The van der Waals surface area contributed by atoms with Crippen LogP contribution in [-0.4, -0.2) is 35.1 Å². The van der Waals surface area contributed by atoms with Crippen LogP contribution in [0.3, 0.4) is 0 Å². The van der Waals surface area contributed by atoms with Crippen molar-refractivity contribution in [2.75, 3.05) is 7.05 Å². The van der Waals surface area contributed by atoms with Crippen LogP contribution in [-0.2, 0) is 4.74 Å². The first kappa shape index (κ1) is 20.2.